The molecule has 1 aliphatic carbocycles. The fourth-order valence-corrected chi connectivity index (χ4v) is 4.23. The molecule has 1 heterocycles. The molecule has 0 aliphatic heterocycles. The normalized spacial score (nSPS) is 16.3. The zero-order chi connectivity index (χ0) is 14.4. The van der Waals surface area contributed by atoms with Crippen LogP contribution in [-0.2, 0) is 16.4 Å². The van der Waals surface area contributed by atoms with Crippen molar-refractivity contribution in [2.45, 2.75) is 38.1 Å². The summed E-state index contributed by atoms with van der Waals surface area (Å²) < 4.78 is 26.7. The van der Waals surface area contributed by atoms with Gasteiger partial charge in [-0.3, -0.25) is 4.98 Å². The first-order valence-electron chi connectivity index (χ1n) is 7.09. The number of rotatable bonds is 8. The number of sulfonamides is 1. The van der Waals surface area contributed by atoms with Gasteiger partial charge in [-0.05, 0) is 31.4 Å². The van der Waals surface area contributed by atoms with Crippen LogP contribution >= 0.6 is 11.6 Å². The van der Waals surface area contributed by atoms with Crippen LogP contribution in [0.4, 0.5) is 0 Å². The summed E-state index contributed by atoms with van der Waals surface area (Å²) in [4.78, 5) is 4.18. The SMILES string of the molecule is O=S(=O)(CCc1ccccn1)N(CCCCl)C1CCC1. The highest BCUT2D eigenvalue weighted by Crippen LogP contribution is 2.27. The van der Waals surface area contributed by atoms with Crippen LogP contribution in [0.2, 0.25) is 0 Å². The highest BCUT2D eigenvalue weighted by molar-refractivity contribution is 7.89. The largest absolute Gasteiger partial charge is 0.261 e. The van der Waals surface area contributed by atoms with Gasteiger partial charge in [-0.15, -0.1) is 11.6 Å². The quantitative estimate of drug-likeness (QED) is 0.692. The summed E-state index contributed by atoms with van der Waals surface area (Å²) in [6.45, 7) is 0.540. The first-order valence-corrected chi connectivity index (χ1v) is 9.23. The summed E-state index contributed by atoms with van der Waals surface area (Å²) in [6.07, 6.45) is 5.95. The monoisotopic (exact) mass is 316 g/mol. The van der Waals surface area contributed by atoms with Crippen molar-refractivity contribution in [1.82, 2.24) is 9.29 Å². The van der Waals surface area contributed by atoms with Crippen molar-refractivity contribution in [2.75, 3.05) is 18.2 Å². The molecule has 1 aliphatic rings. The topological polar surface area (TPSA) is 50.3 Å². The standard InChI is InChI=1S/C14H21ClN2O2S/c15-9-4-11-17(14-6-3-7-14)20(18,19)12-8-13-5-1-2-10-16-13/h1-2,5,10,14H,3-4,6-9,11-12H2. The van der Waals surface area contributed by atoms with E-state index in [9.17, 15) is 8.42 Å². The van der Waals surface area contributed by atoms with Crippen molar-refractivity contribution in [3.05, 3.63) is 30.1 Å². The molecule has 0 aromatic carbocycles. The van der Waals surface area contributed by atoms with Gasteiger partial charge in [0.1, 0.15) is 0 Å². The van der Waals surface area contributed by atoms with Crippen LogP contribution in [0.3, 0.4) is 0 Å². The first kappa shape index (κ1) is 15.7. The smallest absolute Gasteiger partial charge is 0.214 e. The van der Waals surface area contributed by atoms with Crippen molar-refractivity contribution in [3.63, 3.8) is 0 Å². The van der Waals surface area contributed by atoms with E-state index >= 15 is 0 Å². The molecule has 6 heteroatoms. The van der Waals surface area contributed by atoms with Crippen molar-refractivity contribution in [3.8, 4) is 0 Å². The minimum Gasteiger partial charge on any atom is -0.261 e. The highest BCUT2D eigenvalue weighted by Gasteiger charge is 2.32. The fourth-order valence-electron chi connectivity index (χ4n) is 2.34. The molecule has 0 N–H and O–H groups in total. The molecule has 0 unspecified atom stereocenters. The lowest BCUT2D eigenvalue weighted by Crippen LogP contribution is -2.46. The zero-order valence-electron chi connectivity index (χ0n) is 11.5. The molecule has 112 valence electrons. The molecule has 1 saturated carbocycles. The first-order chi connectivity index (χ1) is 9.63. The third-order valence-corrected chi connectivity index (χ3v) is 5.88. The molecular weight excluding hydrogens is 296 g/mol. The van der Waals surface area contributed by atoms with Gasteiger partial charge in [0, 0.05) is 36.8 Å². The van der Waals surface area contributed by atoms with Gasteiger partial charge in [-0.1, -0.05) is 12.5 Å². The molecule has 0 radical (unpaired) electrons. The van der Waals surface area contributed by atoms with Crippen molar-refractivity contribution in [1.29, 1.82) is 0 Å². The molecule has 0 amide bonds. The Morgan fingerprint density at radius 2 is 2.15 bits per heavy atom. The van der Waals surface area contributed by atoms with E-state index < -0.39 is 10.0 Å². The van der Waals surface area contributed by atoms with Crippen LogP contribution in [0.1, 0.15) is 31.4 Å². The van der Waals surface area contributed by atoms with Gasteiger partial charge >= 0.3 is 0 Å². The van der Waals surface area contributed by atoms with E-state index in [0.29, 0.717) is 25.3 Å². The molecule has 1 aromatic rings. The predicted octanol–water partition coefficient (Wildman–Crippen LogP) is 2.44. The van der Waals surface area contributed by atoms with Gasteiger partial charge < -0.3 is 0 Å². The molecule has 0 bridgehead atoms. The maximum atomic E-state index is 12.5. The summed E-state index contributed by atoms with van der Waals surface area (Å²) in [5.74, 6) is 0.627. The lowest BCUT2D eigenvalue weighted by atomic mass is 9.93. The summed E-state index contributed by atoms with van der Waals surface area (Å²) in [5.41, 5.74) is 0.821. The van der Waals surface area contributed by atoms with Gasteiger partial charge in [0.2, 0.25) is 10.0 Å². The lowest BCUT2D eigenvalue weighted by molar-refractivity contribution is 0.220. The molecule has 1 aromatic heterocycles. The number of hydrogen-bond donors (Lipinski definition) is 0. The Kier molecular flexibility index (Phi) is 5.81. The molecule has 1 fully saturated rings. The minimum atomic E-state index is -3.22. The lowest BCUT2D eigenvalue weighted by Gasteiger charge is -2.36. The van der Waals surface area contributed by atoms with Crippen LogP contribution < -0.4 is 0 Å². The van der Waals surface area contributed by atoms with E-state index in [1.54, 1.807) is 10.5 Å². The molecule has 0 atom stereocenters. The van der Waals surface area contributed by atoms with Crippen LogP contribution in [0, 0.1) is 0 Å². The van der Waals surface area contributed by atoms with E-state index in [-0.39, 0.29) is 11.8 Å². The Morgan fingerprint density at radius 3 is 2.70 bits per heavy atom. The van der Waals surface area contributed by atoms with Crippen molar-refractivity contribution in [2.24, 2.45) is 0 Å². The van der Waals surface area contributed by atoms with Gasteiger partial charge in [-0.2, -0.15) is 4.31 Å². The van der Waals surface area contributed by atoms with Gasteiger partial charge in [0.15, 0.2) is 0 Å². The number of halogens is 1. The van der Waals surface area contributed by atoms with E-state index in [4.69, 9.17) is 11.6 Å². The van der Waals surface area contributed by atoms with Crippen LogP contribution in [0.15, 0.2) is 24.4 Å². The second-order valence-corrected chi connectivity index (χ2v) is 7.54. The number of aryl methyl sites for hydroxylation is 1. The van der Waals surface area contributed by atoms with Gasteiger partial charge in [0.05, 0.1) is 5.75 Å². The maximum absolute atomic E-state index is 12.5. The van der Waals surface area contributed by atoms with Crippen molar-refractivity contribution < 1.29 is 8.42 Å². The van der Waals surface area contributed by atoms with Crippen LogP contribution in [-0.4, -0.2) is 41.9 Å². The molecule has 20 heavy (non-hydrogen) atoms. The minimum absolute atomic E-state index is 0.128. The fraction of sp³-hybridized carbons (Fsp3) is 0.643. The van der Waals surface area contributed by atoms with Crippen LogP contribution in [0.25, 0.3) is 0 Å². The third kappa shape index (κ3) is 4.17. The Morgan fingerprint density at radius 1 is 1.35 bits per heavy atom. The molecular formula is C14H21ClN2O2S. The Bertz CT molecular complexity index is 503. The highest BCUT2D eigenvalue weighted by atomic mass is 35.5. The molecule has 0 saturated heterocycles. The number of hydrogen-bond acceptors (Lipinski definition) is 3. The summed E-state index contributed by atoms with van der Waals surface area (Å²) >= 11 is 5.70. The Hall–Kier alpha value is -0.650. The Labute approximate surface area is 126 Å². The van der Waals surface area contributed by atoms with E-state index in [0.717, 1.165) is 25.0 Å². The predicted molar refractivity (Wildman–Crippen MR) is 81.4 cm³/mol. The van der Waals surface area contributed by atoms with Gasteiger partial charge in [0.25, 0.3) is 0 Å². The summed E-state index contributed by atoms with van der Waals surface area (Å²) in [7, 11) is -3.22. The average Bonchev–Trinajstić information content (AvgIpc) is 2.40. The number of pyridine rings is 1. The van der Waals surface area contributed by atoms with Crippen LogP contribution in [0.5, 0.6) is 0 Å². The van der Waals surface area contributed by atoms with Crippen molar-refractivity contribution >= 4 is 21.6 Å². The summed E-state index contributed by atoms with van der Waals surface area (Å²) in [6, 6.07) is 5.76. The second-order valence-electron chi connectivity index (χ2n) is 5.13. The average molecular weight is 317 g/mol. The van der Waals surface area contributed by atoms with E-state index in [1.807, 2.05) is 18.2 Å². The summed E-state index contributed by atoms with van der Waals surface area (Å²) in [5, 5.41) is 0. The third-order valence-electron chi connectivity index (χ3n) is 3.69. The molecule has 0 spiro atoms. The number of aromatic nitrogens is 1. The molecule has 2 rings (SSSR count). The zero-order valence-corrected chi connectivity index (χ0v) is 13.1. The number of alkyl halides is 1. The van der Waals surface area contributed by atoms with Gasteiger partial charge in [-0.25, -0.2) is 8.42 Å². The maximum Gasteiger partial charge on any atom is 0.214 e. The van der Waals surface area contributed by atoms with E-state index in [2.05, 4.69) is 4.98 Å². The second kappa shape index (κ2) is 7.38. The Balaban J connectivity index is 1.98. The van der Waals surface area contributed by atoms with E-state index in [1.165, 1.54) is 0 Å². The number of nitrogens with zero attached hydrogens (tertiary/aromatic N) is 2. The molecule has 4 nitrogen and oxygen atoms in total.